The molecule has 3 saturated heterocycles. The molecule has 1 atom stereocenters. The Balaban J connectivity index is 0.721. The van der Waals surface area contributed by atoms with E-state index in [1.54, 1.807) is 42.7 Å². The first-order chi connectivity index (χ1) is 31.1. The van der Waals surface area contributed by atoms with Crippen LogP contribution in [0.4, 0.5) is 14.5 Å². The summed E-state index contributed by atoms with van der Waals surface area (Å²) in [6.07, 6.45) is 11.0. The Morgan fingerprint density at radius 2 is 1.59 bits per heavy atom. The van der Waals surface area contributed by atoms with Gasteiger partial charge in [0.05, 0.1) is 59.5 Å². The van der Waals surface area contributed by atoms with Crippen molar-refractivity contribution in [3.8, 4) is 22.4 Å². The number of para-hydroxylation sites is 1. The highest BCUT2D eigenvalue weighted by Crippen LogP contribution is 2.33. The second-order valence-electron chi connectivity index (χ2n) is 16.9. The molecule has 0 saturated carbocycles. The van der Waals surface area contributed by atoms with Crippen molar-refractivity contribution < 1.29 is 37.5 Å². The number of anilines is 1. The number of unbranched alkanes of at least 4 members (excludes halogenated alkanes) is 3. The van der Waals surface area contributed by atoms with Gasteiger partial charge in [-0.25, -0.2) is 13.8 Å². The van der Waals surface area contributed by atoms with E-state index in [1.807, 2.05) is 26.7 Å². The lowest BCUT2D eigenvalue weighted by Gasteiger charge is -2.32. The molecule has 64 heavy (non-hydrogen) atoms. The van der Waals surface area contributed by atoms with Crippen molar-refractivity contribution in [2.24, 2.45) is 0 Å². The molecule has 5 aromatic rings. The Morgan fingerprint density at radius 3 is 2.38 bits per heavy atom. The highest BCUT2D eigenvalue weighted by atomic mass is 19.1. The molecule has 3 fully saturated rings. The van der Waals surface area contributed by atoms with Gasteiger partial charge in [-0.05, 0) is 74.1 Å². The van der Waals surface area contributed by atoms with Gasteiger partial charge < -0.3 is 15.0 Å². The highest BCUT2D eigenvalue weighted by molar-refractivity contribution is 6.23. The van der Waals surface area contributed by atoms with Crippen molar-refractivity contribution in [1.29, 1.82) is 0 Å². The van der Waals surface area contributed by atoms with E-state index < -0.39 is 41.3 Å². The van der Waals surface area contributed by atoms with Crippen molar-refractivity contribution in [2.45, 2.75) is 76.4 Å². The zero-order chi connectivity index (χ0) is 44.3. The molecule has 6 heterocycles. The zero-order valence-electron chi connectivity index (χ0n) is 35.4. The fraction of sp³-hybridized carbons (Fsp3) is 0.404. The number of carbonyl (C=O) groups excluding carboxylic acids is 5. The van der Waals surface area contributed by atoms with Gasteiger partial charge in [0.1, 0.15) is 17.7 Å². The summed E-state index contributed by atoms with van der Waals surface area (Å²) in [5.41, 5.74) is 4.69. The third kappa shape index (κ3) is 8.99. The van der Waals surface area contributed by atoms with Crippen LogP contribution < -0.4 is 10.6 Å². The van der Waals surface area contributed by atoms with Gasteiger partial charge in [-0.2, -0.15) is 5.10 Å². The summed E-state index contributed by atoms with van der Waals surface area (Å²) >= 11 is 0. The SMILES string of the molecule is O=C1CCC(N2C(=O)c3ccc(NCCCCCCC(=O)N4CCC(n5cc(-c6cnc7cccc(-c8cc(F)c(CN9CCOCC9)c(F)c8)c7n6)cn5)CC4)cc3C2=O)C(=O)N1. The summed E-state index contributed by atoms with van der Waals surface area (Å²) in [5.74, 6) is -3.17. The third-order valence-corrected chi connectivity index (χ3v) is 12.7. The number of imide groups is 2. The first-order valence-electron chi connectivity index (χ1n) is 22.1. The molecule has 15 nitrogen and oxygen atoms in total. The number of morpholine rings is 1. The van der Waals surface area contributed by atoms with Gasteiger partial charge in [0.2, 0.25) is 17.7 Å². The van der Waals surface area contributed by atoms with Gasteiger partial charge in [0, 0.05) is 80.7 Å². The van der Waals surface area contributed by atoms with Crippen LogP contribution in [0.3, 0.4) is 0 Å². The molecule has 4 aliphatic heterocycles. The fourth-order valence-electron chi connectivity index (χ4n) is 9.07. The third-order valence-electron chi connectivity index (χ3n) is 12.7. The number of hydrogen-bond donors (Lipinski definition) is 2. The quantitative estimate of drug-likeness (QED) is 0.101. The lowest BCUT2D eigenvalue weighted by atomic mass is 10.0. The molecule has 332 valence electrons. The number of likely N-dealkylation sites (tertiary alicyclic amines) is 1. The number of nitrogens with zero attached hydrogens (tertiary/aromatic N) is 7. The Bertz CT molecular complexity index is 2600. The summed E-state index contributed by atoms with van der Waals surface area (Å²) in [7, 11) is 0. The van der Waals surface area contributed by atoms with Gasteiger partial charge in [-0.15, -0.1) is 0 Å². The Hall–Kier alpha value is -6.46. The number of fused-ring (bicyclic) bond motifs is 2. The Labute approximate surface area is 368 Å². The minimum atomic E-state index is -1.00. The molecule has 0 bridgehead atoms. The van der Waals surface area contributed by atoms with Crippen LogP contribution >= 0.6 is 0 Å². The van der Waals surface area contributed by atoms with Crippen molar-refractivity contribution in [1.82, 2.24) is 39.8 Å². The van der Waals surface area contributed by atoms with Crippen LogP contribution in [0.2, 0.25) is 0 Å². The molecule has 17 heteroatoms. The summed E-state index contributed by atoms with van der Waals surface area (Å²) < 4.78 is 38.1. The Morgan fingerprint density at radius 1 is 0.828 bits per heavy atom. The predicted molar refractivity (Wildman–Crippen MR) is 232 cm³/mol. The second-order valence-corrected chi connectivity index (χ2v) is 16.9. The molecule has 0 radical (unpaired) electrons. The highest BCUT2D eigenvalue weighted by Gasteiger charge is 2.44. The lowest BCUT2D eigenvalue weighted by molar-refractivity contribution is -0.136. The number of ether oxygens (including phenoxy) is 1. The minimum Gasteiger partial charge on any atom is -0.385 e. The molecule has 9 rings (SSSR count). The van der Waals surface area contributed by atoms with Gasteiger partial charge >= 0.3 is 0 Å². The van der Waals surface area contributed by atoms with E-state index in [9.17, 15) is 24.0 Å². The van der Waals surface area contributed by atoms with Crippen LogP contribution in [-0.4, -0.2) is 116 Å². The molecule has 5 amide bonds. The molecule has 2 N–H and O–H groups in total. The summed E-state index contributed by atoms with van der Waals surface area (Å²) in [6, 6.07) is 12.2. The first kappa shape index (κ1) is 42.8. The molecule has 1 unspecified atom stereocenters. The number of benzene rings is 3. The Kier molecular flexibility index (Phi) is 12.5. The number of aromatic nitrogens is 4. The van der Waals surface area contributed by atoms with E-state index in [-0.39, 0.29) is 48.0 Å². The number of hydrogen-bond acceptors (Lipinski definition) is 11. The van der Waals surface area contributed by atoms with Crippen LogP contribution in [0.1, 0.15) is 90.1 Å². The van der Waals surface area contributed by atoms with E-state index in [4.69, 9.17) is 9.72 Å². The molecule has 0 spiro atoms. The molecule has 4 aliphatic rings. The van der Waals surface area contributed by atoms with E-state index in [0.29, 0.717) is 85.9 Å². The average Bonchev–Trinajstić information content (AvgIpc) is 3.89. The number of carbonyl (C=O) groups is 5. The van der Waals surface area contributed by atoms with E-state index in [0.717, 1.165) is 49.0 Å². The van der Waals surface area contributed by atoms with Crippen LogP contribution in [0.15, 0.2) is 67.1 Å². The molecule has 0 aliphatic carbocycles. The largest absolute Gasteiger partial charge is 0.385 e. The van der Waals surface area contributed by atoms with Crippen molar-refractivity contribution >= 4 is 46.3 Å². The molecule has 3 aromatic carbocycles. The molecular weight excluding hydrogens is 825 g/mol. The van der Waals surface area contributed by atoms with E-state index >= 15 is 8.78 Å². The van der Waals surface area contributed by atoms with Crippen molar-refractivity contribution in [3.05, 3.63) is 95.4 Å². The summed E-state index contributed by atoms with van der Waals surface area (Å²) in [6.45, 7) is 4.44. The summed E-state index contributed by atoms with van der Waals surface area (Å²) in [5, 5.41) is 10.2. The predicted octanol–water partition coefficient (Wildman–Crippen LogP) is 5.90. The van der Waals surface area contributed by atoms with Gasteiger partial charge in [0.25, 0.3) is 11.8 Å². The second kappa shape index (κ2) is 18.7. The zero-order valence-corrected chi connectivity index (χ0v) is 35.4. The van der Waals surface area contributed by atoms with Crippen LogP contribution in [0.5, 0.6) is 0 Å². The molecule has 2 aromatic heterocycles. The number of piperidine rings is 2. The minimum absolute atomic E-state index is 0.0407. The number of halogens is 2. The maximum Gasteiger partial charge on any atom is 0.262 e. The van der Waals surface area contributed by atoms with Gasteiger partial charge in [0.15, 0.2) is 0 Å². The van der Waals surface area contributed by atoms with Crippen LogP contribution in [0, 0.1) is 11.6 Å². The van der Waals surface area contributed by atoms with E-state index in [1.165, 1.54) is 12.1 Å². The fourth-order valence-corrected chi connectivity index (χ4v) is 9.07. The van der Waals surface area contributed by atoms with Gasteiger partial charge in [-0.3, -0.25) is 48.8 Å². The lowest BCUT2D eigenvalue weighted by Crippen LogP contribution is -2.54. The number of nitrogens with one attached hydrogen (secondary N) is 2. The number of amides is 5. The maximum atomic E-state index is 15.4. The normalized spacial score (nSPS) is 18.5. The van der Waals surface area contributed by atoms with Crippen molar-refractivity contribution in [3.63, 3.8) is 0 Å². The van der Waals surface area contributed by atoms with Crippen LogP contribution in [0.25, 0.3) is 33.4 Å². The number of rotatable bonds is 14. The standard InChI is InChI=1S/C47H49F2N9O6/c48-37-22-29(23-38(49)36(37)28-55-18-20-64-21-19-55)33-6-5-7-39-44(33)53-40(26-51-39)30-25-52-57(27-30)32-13-16-56(17-14-32)43(60)8-3-1-2-4-15-50-31-9-10-34-35(24-31)47(63)58(46(34)62)41-11-12-42(59)54-45(41)61/h5-7,9-10,22-27,32,41,50H,1-4,8,11-21,28H2,(H,54,59,61). The first-order valence-corrected chi connectivity index (χ1v) is 22.1. The van der Waals surface area contributed by atoms with Crippen LogP contribution in [-0.2, 0) is 25.7 Å². The van der Waals surface area contributed by atoms with Gasteiger partial charge in [-0.1, -0.05) is 25.0 Å². The summed E-state index contributed by atoms with van der Waals surface area (Å²) in [4.78, 5) is 77.5. The maximum absolute atomic E-state index is 15.4. The van der Waals surface area contributed by atoms with E-state index in [2.05, 4.69) is 20.7 Å². The monoisotopic (exact) mass is 873 g/mol. The van der Waals surface area contributed by atoms with Crippen molar-refractivity contribution in [2.75, 3.05) is 51.3 Å². The average molecular weight is 874 g/mol. The smallest absolute Gasteiger partial charge is 0.262 e. The topological polar surface area (TPSA) is 172 Å². The molecular formula is C47H49F2N9O6.